The number of aromatic nitrogens is 1. The summed E-state index contributed by atoms with van der Waals surface area (Å²) in [5.41, 5.74) is 22.9. The van der Waals surface area contributed by atoms with Gasteiger partial charge in [-0.3, -0.25) is 0 Å². The van der Waals surface area contributed by atoms with Crippen LogP contribution in [0.1, 0.15) is 132 Å². The van der Waals surface area contributed by atoms with Gasteiger partial charge in [-0.15, -0.1) is 16.4 Å². The Balaban J connectivity index is 1.92. The van der Waals surface area contributed by atoms with Crippen molar-refractivity contribution in [2.24, 2.45) is 0 Å². The predicted octanol–water partition coefficient (Wildman–Crippen LogP) is 5.90. The van der Waals surface area contributed by atoms with Crippen molar-refractivity contribution in [3.63, 3.8) is 0 Å². The summed E-state index contributed by atoms with van der Waals surface area (Å²) in [4.78, 5) is 0. The SMILES string of the molecule is Bc1c(B)c(B)c(-c2ccc3c(c2C(C)(C)C)c2c(-c4cc(C(C)(C)C)cc(C(C)(C)C)c4)cccc2n3-c2cc(C(C)(C)C)cc(C(C)(C)C)c2)c(B)c1B. The Bertz CT molecular complexity index is 2440. The van der Waals surface area contributed by atoms with E-state index in [0.717, 1.165) is 0 Å². The highest BCUT2D eigenvalue weighted by molar-refractivity contribution is 6.68. The zero-order valence-electron chi connectivity index (χ0n) is 38.8. The van der Waals surface area contributed by atoms with Crippen LogP contribution in [0, 0.1) is 0 Å². The number of nitrogens with zero attached hydrogens (tertiary/aromatic N) is 1. The summed E-state index contributed by atoms with van der Waals surface area (Å²) in [7, 11) is 11.6. The van der Waals surface area contributed by atoms with E-state index in [1.165, 1.54) is 105 Å². The van der Waals surface area contributed by atoms with Crippen LogP contribution in [0.2, 0.25) is 0 Å². The number of hydrogen-bond acceptors (Lipinski definition) is 0. The molecule has 0 aliphatic carbocycles. The molecule has 6 rings (SSSR count). The highest BCUT2D eigenvalue weighted by Gasteiger charge is 2.31. The molecule has 0 bridgehead atoms. The van der Waals surface area contributed by atoms with Gasteiger partial charge < -0.3 is 4.57 Å². The molecule has 0 aliphatic rings. The molecule has 0 radical (unpaired) electrons. The van der Waals surface area contributed by atoms with Gasteiger partial charge in [-0.25, -0.2) is 0 Å². The quantitative estimate of drug-likeness (QED) is 0.200. The van der Waals surface area contributed by atoms with Crippen LogP contribution in [0.25, 0.3) is 49.7 Å². The average molecular weight is 735 g/mol. The van der Waals surface area contributed by atoms with Gasteiger partial charge in [0.25, 0.3) is 0 Å². The fourth-order valence-corrected chi connectivity index (χ4v) is 8.82. The van der Waals surface area contributed by atoms with E-state index >= 15 is 0 Å². The van der Waals surface area contributed by atoms with Gasteiger partial charge in [0.05, 0.1) is 11.0 Å². The van der Waals surface area contributed by atoms with E-state index in [2.05, 4.69) is 214 Å². The topological polar surface area (TPSA) is 4.93 Å². The summed E-state index contributed by atoms with van der Waals surface area (Å²) < 4.78 is 2.60. The Morgan fingerprint density at radius 3 is 1.23 bits per heavy atom. The monoisotopic (exact) mass is 736 g/mol. The summed E-state index contributed by atoms with van der Waals surface area (Å²) in [6.07, 6.45) is 0. The molecular weight excluding hydrogens is 669 g/mol. The molecule has 0 spiro atoms. The normalized spacial score (nSPS) is 13.3. The van der Waals surface area contributed by atoms with Gasteiger partial charge in [0.2, 0.25) is 0 Å². The van der Waals surface area contributed by atoms with Crippen LogP contribution in [0.4, 0.5) is 0 Å². The molecular formula is C50H66B5N. The first kappa shape index (κ1) is 41.8. The lowest BCUT2D eigenvalue weighted by atomic mass is 9.59. The van der Waals surface area contributed by atoms with E-state index in [9.17, 15) is 0 Å². The lowest BCUT2D eigenvalue weighted by molar-refractivity contribution is 0.567. The molecule has 286 valence electrons. The van der Waals surface area contributed by atoms with Crippen LogP contribution in [0.5, 0.6) is 0 Å². The second-order valence-electron chi connectivity index (χ2n) is 22.2. The van der Waals surface area contributed by atoms with Crippen LogP contribution in [-0.4, -0.2) is 43.8 Å². The van der Waals surface area contributed by atoms with E-state index in [1.54, 1.807) is 0 Å². The molecule has 0 amide bonds. The largest absolute Gasteiger partial charge is 0.309 e. The van der Waals surface area contributed by atoms with Crippen molar-refractivity contribution < 1.29 is 0 Å². The second-order valence-corrected chi connectivity index (χ2v) is 22.2. The molecule has 5 aromatic carbocycles. The maximum absolute atomic E-state index is 2.60. The van der Waals surface area contributed by atoms with Crippen molar-refractivity contribution in [3.05, 3.63) is 94.5 Å². The Kier molecular flexibility index (Phi) is 10.2. The zero-order valence-corrected chi connectivity index (χ0v) is 38.8. The lowest BCUT2D eigenvalue weighted by Crippen LogP contribution is -2.55. The molecule has 56 heavy (non-hydrogen) atoms. The highest BCUT2D eigenvalue weighted by Crippen LogP contribution is 2.47. The van der Waals surface area contributed by atoms with E-state index in [-0.39, 0.29) is 27.1 Å². The third kappa shape index (κ3) is 7.29. The fourth-order valence-electron chi connectivity index (χ4n) is 8.82. The average Bonchev–Trinajstić information content (AvgIpc) is 3.42. The van der Waals surface area contributed by atoms with Crippen LogP contribution < -0.4 is 27.3 Å². The molecule has 6 heteroatoms. The minimum atomic E-state index is -0.152. The van der Waals surface area contributed by atoms with Crippen molar-refractivity contribution in [2.45, 2.75) is 131 Å². The highest BCUT2D eigenvalue weighted by atomic mass is 15.0. The molecule has 1 heterocycles. The first-order valence-corrected chi connectivity index (χ1v) is 21.0. The number of rotatable bonds is 3. The summed E-state index contributed by atoms with van der Waals surface area (Å²) in [5.74, 6) is 0. The summed E-state index contributed by atoms with van der Waals surface area (Å²) >= 11 is 0. The molecule has 1 aromatic heterocycles. The Hall–Kier alpha value is -3.78. The van der Waals surface area contributed by atoms with Gasteiger partial charge in [-0.05, 0) is 101 Å². The van der Waals surface area contributed by atoms with Gasteiger partial charge >= 0.3 is 0 Å². The molecule has 6 aromatic rings. The summed E-state index contributed by atoms with van der Waals surface area (Å²) in [6.45, 7) is 35.4. The van der Waals surface area contributed by atoms with Crippen molar-refractivity contribution in [3.8, 4) is 27.9 Å². The fraction of sp³-hybridized carbons (Fsp3) is 0.400. The van der Waals surface area contributed by atoms with E-state index in [0.29, 0.717) is 0 Å². The van der Waals surface area contributed by atoms with Crippen LogP contribution in [0.3, 0.4) is 0 Å². The third-order valence-corrected chi connectivity index (χ3v) is 12.9. The molecule has 0 N–H and O–H groups in total. The van der Waals surface area contributed by atoms with E-state index in [4.69, 9.17) is 0 Å². The molecule has 0 aliphatic heterocycles. The maximum atomic E-state index is 2.60. The standard InChI is InChI=1S/C50H66B5N/c1-46(2,3)28-21-27(22-29(23-28)47(4,5)6)33-17-16-18-35-37(33)39-36(56(35)32-25-30(48(7,8)9)24-31(26-32)49(10,11)12)20-19-34(40(39)50(13,14)15)38-41(51)43(53)45(55)44(54)42(38)52/h16-26H,51-55H2,1-15H3. The Labute approximate surface area is 344 Å². The van der Waals surface area contributed by atoms with Gasteiger partial charge in [0, 0.05) is 16.5 Å². The van der Waals surface area contributed by atoms with Crippen LogP contribution >= 0.6 is 0 Å². The van der Waals surface area contributed by atoms with Gasteiger partial charge in [-0.2, -0.15) is 0 Å². The van der Waals surface area contributed by atoms with Crippen molar-refractivity contribution >= 4 is 88.4 Å². The van der Waals surface area contributed by atoms with E-state index < -0.39 is 0 Å². The molecule has 0 fully saturated rings. The number of hydrogen-bond donors (Lipinski definition) is 0. The summed E-state index contributed by atoms with van der Waals surface area (Å²) in [5, 5.41) is 2.71. The molecule has 0 unspecified atom stereocenters. The minimum absolute atomic E-state index is 0.00334. The smallest absolute Gasteiger partial charge is 0.139 e. The number of benzene rings is 5. The molecule has 0 saturated heterocycles. The van der Waals surface area contributed by atoms with Gasteiger partial charge in [0.1, 0.15) is 39.2 Å². The van der Waals surface area contributed by atoms with Gasteiger partial charge in [0.15, 0.2) is 0 Å². The Morgan fingerprint density at radius 1 is 0.393 bits per heavy atom. The molecule has 0 saturated carbocycles. The van der Waals surface area contributed by atoms with Crippen LogP contribution in [-0.2, 0) is 27.1 Å². The first-order valence-electron chi connectivity index (χ1n) is 21.0. The second kappa shape index (κ2) is 13.7. The predicted molar refractivity (Wildman–Crippen MR) is 266 cm³/mol. The third-order valence-electron chi connectivity index (χ3n) is 12.9. The van der Waals surface area contributed by atoms with Crippen molar-refractivity contribution in [2.75, 3.05) is 0 Å². The molecule has 0 atom stereocenters. The van der Waals surface area contributed by atoms with Crippen LogP contribution in [0.15, 0.2) is 66.7 Å². The lowest BCUT2D eigenvalue weighted by Gasteiger charge is -2.29. The first-order chi connectivity index (χ1) is 25.5. The number of fused-ring (bicyclic) bond motifs is 3. The Morgan fingerprint density at radius 2 is 0.804 bits per heavy atom. The summed E-state index contributed by atoms with van der Waals surface area (Å²) in [6, 6.07) is 26.7. The maximum Gasteiger partial charge on any atom is 0.139 e. The van der Waals surface area contributed by atoms with Gasteiger partial charge in [-0.1, -0.05) is 157 Å². The molecule has 1 nitrogen and oxygen atoms in total. The van der Waals surface area contributed by atoms with E-state index in [1.807, 2.05) is 0 Å². The van der Waals surface area contributed by atoms with Crippen molar-refractivity contribution in [1.82, 2.24) is 4.57 Å². The minimum Gasteiger partial charge on any atom is -0.309 e. The zero-order chi connectivity index (χ0) is 41.8. The van der Waals surface area contributed by atoms with Crippen molar-refractivity contribution in [1.29, 1.82) is 0 Å².